The van der Waals surface area contributed by atoms with Crippen LogP contribution in [0.1, 0.15) is 26.5 Å². The molecule has 0 radical (unpaired) electrons. The van der Waals surface area contributed by atoms with Gasteiger partial charge in [-0.25, -0.2) is 0 Å². The van der Waals surface area contributed by atoms with Crippen molar-refractivity contribution in [3.05, 3.63) is 17.9 Å². The van der Waals surface area contributed by atoms with Crippen LogP contribution in [-0.2, 0) is 13.8 Å². The highest BCUT2D eigenvalue weighted by Gasteiger charge is 2.42. The van der Waals surface area contributed by atoms with E-state index in [-0.39, 0.29) is 0 Å². The summed E-state index contributed by atoms with van der Waals surface area (Å²) in [5.74, 6) is 0.756. The van der Waals surface area contributed by atoms with Crippen LogP contribution in [0.2, 0.25) is 0 Å². The first-order valence-electron chi connectivity index (χ1n) is 7.45. The van der Waals surface area contributed by atoms with Gasteiger partial charge in [0.25, 0.3) is 7.37 Å². The van der Waals surface area contributed by atoms with Crippen LogP contribution in [0.5, 0.6) is 0 Å². The van der Waals surface area contributed by atoms with E-state index in [1.165, 1.54) is 0 Å². The molecule has 0 aliphatic carbocycles. The summed E-state index contributed by atoms with van der Waals surface area (Å²) in [7, 11) is -3.03. The molecule has 2 rings (SSSR count). The molecule has 1 aromatic heterocycles. The normalized spacial score (nSPS) is 20.4. The van der Waals surface area contributed by atoms with Gasteiger partial charge >= 0.3 is 0 Å². The third-order valence-electron chi connectivity index (χ3n) is 3.68. The highest BCUT2D eigenvalue weighted by Crippen LogP contribution is 2.57. The predicted molar refractivity (Wildman–Crippen MR) is 83.6 cm³/mol. The van der Waals surface area contributed by atoms with E-state index < -0.39 is 12.5 Å². The number of hydrogen-bond acceptors (Lipinski definition) is 5. The van der Waals surface area contributed by atoms with Crippen molar-refractivity contribution in [3.63, 3.8) is 0 Å². The molecule has 0 saturated carbocycles. The summed E-state index contributed by atoms with van der Waals surface area (Å²) in [5, 5.41) is -0.484. The minimum absolute atomic E-state index is 0.439. The Labute approximate surface area is 127 Å². The van der Waals surface area contributed by atoms with E-state index in [9.17, 15) is 4.57 Å². The Bertz CT molecular complexity index is 500. The lowest BCUT2D eigenvalue weighted by atomic mass is 10.3. The van der Waals surface area contributed by atoms with Gasteiger partial charge < -0.3 is 13.7 Å². The van der Waals surface area contributed by atoms with Gasteiger partial charge in [-0.3, -0.25) is 9.46 Å². The van der Waals surface area contributed by atoms with Gasteiger partial charge in [-0.05, 0) is 19.1 Å². The van der Waals surface area contributed by atoms with Crippen molar-refractivity contribution < 1.29 is 18.2 Å². The summed E-state index contributed by atoms with van der Waals surface area (Å²) in [6.07, 6.45) is 0. The van der Waals surface area contributed by atoms with E-state index in [1.807, 2.05) is 33.8 Å². The lowest BCUT2D eigenvalue weighted by Gasteiger charge is -2.31. The number of aryl methyl sites for hydroxylation is 1. The molecule has 0 spiro atoms. The van der Waals surface area contributed by atoms with Crippen LogP contribution in [-0.4, -0.2) is 49.5 Å². The molecule has 2 heterocycles. The first-order chi connectivity index (χ1) is 9.83. The molecule has 1 aliphatic heterocycles. The quantitative estimate of drug-likeness (QED) is 0.782. The summed E-state index contributed by atoms with van der Waals surface area (Å²) in [6.45, 7) is 12.2. The van der Waals surface area contributed by atoms with Crippen molar-refractivity contribution >= 4 is 12.9 Å². The van der Waals surface area contributed by atoms with Gasteiger partial charge in [-0.15, -0.1) is 0 Å². The molecule has 21 heavy (non-hydrogen) atoms. The Hall–Kier alpha value is -0.610. The number of morpholine rings is 1. The van der Waals surface area contributed by atoms with Gasteiger partial charge in [0.1, 0.15) is 5.76 Å². The highest BCUT2D eigenvalue weighted by molar-refractivity contribution is 7.68. The Morgan fingerprint density at radius 1 is 1.29 bits per heavy atom. The Balaban J connectivity index is 2.02. The molecule has 0 amide bonds. The van der Waals surface area contributed by atoms with Crippen LogP contribution in [0.3, 0.4) is 0 Å². The standard InChI is InChI=1S/C15H26NO4P/c1-13-5-6-14(20-13)21(17,15(2,3)4)19-12-9-16-7-10-18-11-8-16/h5-6H,7-12H2,1-4H3/t21-/m1/s1. The highest BCUT2D eigenvalue weighted by atomic mass is 31.2. The topological polar surface area (TPSA) is 51.9 Å². The van der Waals surface area contributed by atoms with Gasteiger partial charge in [0.05, 0.1) is 19.8 Å². The summed E-state index contributed by atoms with van der Waals surface area (Å²) in [5.41, 5.74) is 0.467. The van der Waals surface area contributed by atoms with E-state index in [4.69, 9.17) is 13.7 Å². The fourth-order valence-electron chi connectivity index (χ4n) is 2.29. The molecule has 1 aromatic rings. The second kappa shape index (κ2) is 6.66. The van der Waals surface area contributed by atoms with Crippen LogP contribution in [0.25, 0.3) is 0 Å². The Morgan fingerprint density at radius 3 is 2.48 bits per heavy atom. The summed E-state index contributed by atoms with van der Waals surface area (Å²) in [4.78, 5) is 2.27. The minimum Gasteiger partial charge on any atom is -0.456 e. The van der Waals surface area contributed by atoms with Gasteiger partial charge in [-0.2, -0.15) is 0 Å². The summed E-state index contributed by atoms with van der Waals surface area (Å²) in [6, 6.07) is 3.61. The number of rotatable bonds is 5. The van der Waals surface area contributed by atoms with E-state index >= 15 is 0 Å². The van der Waals surface area contributed by atoms with E-state index in [0.717, 1.165) is 38.6 Å². The molecule has 0 bridgehead atoms. The molecule has 1 atom stereocenters. The molecule has 1 fully saturated rings. The van der Waals surface area contributed by atoms with Crippen molar-refractivity contribution in [3.8, 4) is 0 Å². The van der Waals surface area contributed by atoms with Crippen LogP contribution in [0.4, 0.5) is 0 Å². The van der Waals surface area contributed by atoms with Crippen LogP contribution < -0.4 is 5.50 Å². The first kappa shape index (κ1) is 16.8. The van der Waals surface area contributed by atoms with Gasteiger partial charge in [0.15, 0.2) is 5.50 Å². The average Bonchev–Trinajstić information content (AvgIpc) is 2.85. The van der Waals surface area contributed by atoms with E-state index in [2.05, 4.69) is 4.90 Å². The van der Waals surface area contributed by atoms with Gasteiger partial charge in [0.2, 0.25) is 0 Å². The smallest absolute Gasteiger partial charge is 0.271 e. The molecule has 1 aliphatic rings. The van der Waals surface area contributed by atoms with Crippen LogP contribution in [0, 0.1) is 6.92 Å². The second-order valence-corrected chi connectivity index (χ2v) is 9.54. The fraction of sp³-hybridized carbons (Fsp3) is 0.733. The van der Waals surface area contributed by atoms with Crippen molar-refractivity contribution in [2.45, 2.75) is 32.9 Å². The molecule has 0 unspecified atom stereocenters. The molecule has 5 nitrogen and oxygen atoms in total. The van der Waals surface area contributed by atoms with Crippen molar-refractivity contribution in [1.29, 1.82) is 0 Å². The zero-order chi connectivity index (χ0) is 15.5. The molecule has 120 valence electrons. The second-order valence-electron chi connectivity index (χ2n) is 6.39. The Kier molecular flexibility index (Phi) is 5.31. The third kappa shape index (κ3) is 3.98. The average molecular weight is 315 g/mol. The Morgan fingerprint density at radius 2 is 1.95 bits per heavy atom. The zero-order valence-corrected chi connectivity index (χ0v) is 14.3. The fourth-order valence-corrected chi connectivity index (χ4v) is 4.34. The van der Waals surface area contributed by atoms with Crippen molar-refractivity contribution in [2.75, 3.05) is 39.5 Å². The summed E-state index contributed by atoms with van der Waals surface area (Å²) < 4.78 is 30.1. The van der Waals surface area contributed by atoms with Gasteiger partial charge in [-0.1, -0.05) is 20.8 Å². The molecule has 0 N–H and O–H groups in total. The van der Waals surface area contributed by atoms with Crippen LogP contribution >= 0.6 is 7.37 Å². The van der Waals surface area contributed by atoms with Crippen molar-refractivity contribution in [1.82, 2.24) is 4.90 Å². The minimum atomic E-state index is -3.03. The molecule has 0 aromatic carbocycles. The number of nitrogens with zero attached hydrogens (tertiary/aromatic N) is 1. The third-order valence-corrected chi connectivity index (χ3v) is 6.82. The predicted octanol–water partition coefficient (Wildman–Crippen LogP) is 2.64. The maximum Gasteiger partial charge on any atom is 0.271 e. The molecule has 6 heteroatoms. The molecule has 1 saturated heterocycles. The van der Waals surface area contributed by atoms with E-state index in [1.54, 1.807) is 6.07 Å². The van der Waals surface area contributed by atoms with Crippen LogP contribution in [0.15, 0.2) is 16.5 Å². The first-order valence-corrected chi connectivity index (χ1v) is 9.07. The molecular formula is C15H26NO4P. The number of furan rings is 1. The van der Waals surface area contributed by atoms with Crippen molar-refractivity contribution in [2.24, 2.45) is 0 Å². The number of hydrogen-bond donors (Lipinski definition) is 0. The zero-order valence-electron chi connectivity index (χ0n) is 13.4. The number of ether oxygens (including phenoxy) is 1. The lowest BCUT2D eigenvalue weighted by molar-refractivity contribution is 0.0323. The maximum absolute atomic E-state index is 13.3. The van der Waals surface area contributed by atoms with Gasteiger partial charge in [0, 0.05) is 24.8 Å². The van der Waals surface area contributed by atoms with E-state index in [0.29, 0.717) is 12.1 Å². The molecular weight excluding hydrogens is 289 g/mol. The largest absolute Gasteiger partial charge is 0.456 e. The summed E-state index contributed by atoms with van der Waals surface area (Å²) >= 11 is 0. The SMILES string of the molecule is Cc1ccc([P@@](=O)(OCCN2CCOCC2)C(C)(C)C)o1. The monoisotopic (exact) mass is 315 g/mol. The lowest BCUT2D eigenvalue weighted by Crippen LogP contribution is -2.38. The maximum atomic E-state index is 13.3.